The minimum atomic E-state index is -4.42. The monoisotopic (exact) mass is 563 g/mol. The predicted octanol–water partition coefficient (Wildman–Crippen LogP) is 6.82. The maximum Gasteiger partial charge on any atom is 0.416 e. The normalized spacial score (nSPS) is 14.7. The highest BCUT2D eigenvalue weighted by Gasteiger charge is 2.30. The highest BCUT2D eigenvalue weighted by Crippen LogP contribution is 2.32. The molecule has 4 rings (SSSR count). The largest absolute Gasteiger partial charge is 0.489 e. The average Bonchev–Trinajstić information content (AvgIpc) is 3.46. The Morgan fingerprint density at radius 2 is 1.66 bits per heavy atom. The zero-order chi connectivity index (χ0) is 29.4. The van der Waals surface area contributed by atoms with E-state index in [4.69, 9.17) is 14.6 Å². The van der Waals surface area contributed by atoms with E-state index in [0.717, 1.165) is 48.5 Å². The van der Waals surface area contributed by atoms with Gasteiger partial charge in [0.15, 0.2) is 6.10 Å². The number of benzene rings is 3. The van der Waals surface area contributed by atoms with E-state index in [1.54, 1.807) is 25.1 Å². The van der Waals surface area contributed by atoms with Crippen LogP contribution in [0.25, 0.3) is 5.57 Å². The van der Waals surface area contributed by atoms with E-state index in [0.29, 0.717) is 22.6 Å². The summed E-state index contributed by atoms with van der Waals surface area (Å²) in [5.41, 5.74) is 3.03. The molecule has 1 heterocycles. The first-order valence-corrected chi connectivity index (χ1v) is 13.4. The van der Waals surface area contributed by atoms with Gasteiger partial charge >= 0.3 is 12.1 Å². The number of likely N-dealkylation sites (tertiary alicyclic amines) is 1. The molecule has 41 heavy (non-hydrogen) atoms. The van der Waals surface area contributed by atoms with Gasteiger partial charge in [0.1, 0.15) is 18.1 Å². The van der Waals surface area contributed by atoms with Crippen molar-refractivity contribution in [2.45, 2.75) is 39.0 Å². The van der Waals surface area contributed by atoms with Gasteiger partial charge in [-0.15, -0.1) is 0 Å². The summed E-state index contributed by atoms with van der Waals surface area (Å²) in [6.45, 7) is 6.29. The van der Waals surface area contributed by atoms with E-state index in [2.05, 4.69) is 16.7 Å². The van der Waals surface area contributed by atoms with Crippen molar-refractivity contribution in [1.29, 1.82) is 0 Å². The topological polar surface area (TPSA) is 59.0 Å². The second kappa shape index (κ2) is 13.4. The molecule has 0 radical (unpaired) electrons. The Hall–Kier alpha value is -4.22. The molecule has 0 aromatic heterocycles. The minimum absolute atomic E-state index is 0.152. The quantitative estimate of drug-likeness (QED) is 0.290. The number of hydrogen-bond donors (Lipinski definition) is 1. The number of rotatable bonds is 9. The SMILES string of the molecule is Cc1cc(OCC=C(c2ccc(C#CCN3CCCC3)cc2)c2ccc(C(F)(F)F)cc2)ccc1OC(C)C(=O)O. The van der Waals surface area contributed by atoms with Gasteiger partial charge in [-0.2, -0.15) is 13.2 Å². The number of aryl methyl sites for hydroxylation is 1. The average molecular weight is 564 g/mol. The Bertz CT molecular complexity index is 1430. The van der Waals surface area contributed by atoms with E-state index in [1.807, 2.05) is 30.3 Å². The molecule has 1 unspecified atom stereocenters. The van der Waals surface area contributed by atoms with Crippen molar-refractivity contribution in [3.05, 3.63) is 101 Å². The molecule has 0 saturated carbocycles. The van der Waals surface area contributed by atoms with Crippen LogP contribution in [0.1, 0.15) is 47.6 Å². The molecule has 0 spiro atoms. The lowest BCUT2D eigenvalue weighted by Gasteiger charge is -2.14. The summed E-state index contributed by atoms with van der Waals surface area (Å²) in [6.07, 6.45) is -1.16. The summed E-state index contributed by atoms with van der Waals surface area (Å²) in [5, 5.41) is 9.07. The van der Waals surface area contributed by atoms with Crippen LogP contribution in [-0.4, -0.2) is 48.3 Å². The van der Waals surface area contributed by atoms with Crippen molar-refractivity contribution in [2.24, 2.45) is 0 Å². The molecule has 3 aromatic carbocycles. The Morgan fingerprint density at radius 3 is 2.24 bits per heavy atom. The summed E-state index contributed by atoms with van der Waals surface area (Å²) >= 11 is 0. The number of halogens is 3. The number of nitrogens with zero attached hydrogens (tertiary/aromatic N) is 1. The summed E-state index contributed by atoms with van der Waals surface area (Å²) in [5.74, 6) is 6.33. The zero-order valence-corrected chi connectivity index (χ0v) is 23.0. The number of hydrogen-bond acceptors (Lipinski definition) is 4. The number of carboxylic acid groups (broad SMARTS) is 1. The molecule has 3 aromatic rings. The Kier molecular flexibility index (Phi) is 9.74. The third-order valence-electron chi connectivity index (χ3n) is 6.79. The molecule has 0 amide bonds. The highest BCUT2D eigenvalue weighted by molar-refractivity contribution is 5.80. The minimum Gasteiger partial charge on any atom is -0.489 e. The molecular weight excluding hydrogens is 531 g/mol. The molecule has 5 nitrogen and oxygen atoms in total. The molecule has 8 heteroatoms. The van der Waals surface area contributed by atoms with Crippen LogP contribution in [0, 0.1) is 18.8 Å². The number of carboxylic acids is 1. The third-order valence-corrected chi connectivity index (χ3v) is 6.79. The molecule has 1 atom stereocenters. The van der Waals surface area contributed by atoms with Crippen molar-refractivity contribution >= 4 is 11.5 Å². The van der Waals surface area contributed by atoms with Crippen molar-refractivity contribution in [3.8, 4) is 23.3 Å². The Balaban J connectivity index is 1.52. The molecule has 0 aliphatic carbocycles. The van der Waals surface area contributed by atoms with Gasteiger partial charge in [-0.25, -0.2) is 4.79 Å². The van der Waals surface area contributed by atoms with Crippen LogP contribution >= 0.6 is 0 Å². The van der Waals surface area contributed by atoms with Crippen LogP contribution in [0.5, 0.6) is 11.5 Å². The fraction of sp³-hybridized carbons (Fsp3) is 0.303. The first-order valence-electron chi connectivity index (χ1n) is 13.4. The third kappa shape index (κ3) is 8.38. The first kappa shape index (κ1) is 29.8. The van der Waals surface area contributed by atoms with Crippen LogP contribution < -0.4 is 9.47 Å². The van der Waals surface area contributed by atoms with Crippen LogP contribution in [0.4, 0.5) is 13.2 Å². The van der Waals surface area contributed by atoms with E-state index >= 15 is 0 Å². The number of carbonyl (C=O) groups is 1. The fourth-order valence-corrected chi connectivity index (χ4v) is 4.47. The van der Waals surface area contributed by atoms with Gasteiger partial charge in [0.2, 0.25) is 0 Å². The lowest BCUT2D eigenvalue weighted by atomic mass is 9.96. The zero-order valence-electron chi connectivity index (χ0n) is 23.0. The van der Waals surface area contributed by atoms with Crippen LogP contribution in [0.15, 0.2) is 72.8 Å². The van der Waals surface area contributed by atoms with Crippen molar-refractivity contribution in [2.75, 3.05) is 26.2 Å². The summed E-state index contributed by atoms with van der Waals surface area (Å²) in [4.78, 5) is 13.4. The van der Waals surface area contributed by atoms with Crippen LogP contribution in [-0.2, 0) is 11.0 Å². The second-order valence-corrected chi connectivity index (χ2v) is 9.89. The lowest BCUT2D eigenvalue weighted by Crippen LogP contribution is -2.23. The fourth-order valence-electron chi connectivity index (χ4n) is 4.47. The predicted molar refractivity (Wildman–Crippen MR) is 152 cm³/mol. The molecule has 1 fully saturated rings. The number of aliphatic carboxylic acids is 1. The molecule has 0 bridgehead atoms. The standard InChI is InChI=1S/C33H32F3NO4/c1-23-22-29(15-16-31(23)41-24(2)32(38)39)40-21-17-30(27-11-13-28(14-12-27)33(34,35)36)26-9-7-25(8-10-26)6-5-20-37-18-3-4-19-37/h7-17,22,24H,3-4,18-21H2,1-2H3,(H,38,39). The smallest absolute Gasteiger partial charge is 0.416 e. The van der Waals surface area contributed by atoms with Crippen molar-refractivity contribution < 1.29 is 32.5 Å². The maximum absolute atomic E-state index is 13.2. The second-order valence-electron chi connectivity index (χ2n) is 9.89. The van der Waals surface area contributed by atoms with Crippen molar-refractivity contribution in [1.82, 2.24) is 4.90 Å². The van der Waals surface area contributed by atoms with E-state index in [1.165, 1.54) is 31.9 Å². The Labute approximate surface area is 238 Å². The van der Waals surface area contributed by atoms with Crippen LogP contribution in [0.2, 0.25) is 0 Å². The first-order chi connectivity index (χ1) is 19.6. The van der Waals surface area contributed by atoms with E-state index < -0.39 is 23.8 Å². The molecule has 1 aliphatic heterocycles. The summed E-state index contributed by atoms with van der Waals surface area (Å²) in [6, 6.07) is 17.8. The number of alkyl halides is 3. The molecular formula is C33H32F3NO4. The molecule has 1 aliphatic rings. The van der Waals surface area contributed by atoms with Gasteiger partial charge < -0.3 is 14.6 Å². The van der Waals surface area contributed by atoms with Gasteiger partial charge in [-0.05, 0) is 111 Å². The Morgan fingerprint density at radius 1 is 1.02 bits per heavy atom. The van der Waals surface area contributed by atoms with Crippen molar-refractivity contribution in [3.63, 3.8) is 0 Å². The number of ether oxygens (including phenoxy) is 2. The summed E-state index contributed by atoms with van der Waals surface area (Å²) < 4.78 is 50.9. The van der Waals surface area contributed by atoms with E-state index in [-0.39, 0.29) is 6.61 Å². The summed E-state index contributed by atoms with van der Waals surface area (Å²) in [7, 11) is 0. The van der Waals surface area contributed by atoms with Gasteiger partial charge in [-0.1, -0.05) is 36.1 Å². The molecule has 1 N–H and O–H groups in total. The molecule has 1 saturated heterocycles. The lowest BCUT2D eigenvalue weighted by molar-refractivity contribution is -0.144. The van der Waals surface area contributed by atoms with Gasteiger partial charge in [0.25, 0.3) is 0 Å². The van der Waals surface area contributed by atoms with Gasteiger partial charge in [0, 0.05) is 5.56 Å². The maximum atomic E-state index is 13.2. The molecule has 214 valence electrons. The van der Waals surface area contributed by atoms with Gasteiger partial charge in [0.05, 0.1) is 12.1 Å². The van der Waals surface area contributed by atoms with Gasteiger partial charge in [-0.3, -0.25) is 4.90 Å². The highest BCUT2D eigenvalue weighted by atomic mass is 19.4. The van der Waals surface area contributed by atoms with E-state index in [9.17, 15) is 18.0 Å². The van der Waals surface area contributed by atoms with Crippen LogP contribution in [0.3, 0.4) is 0 Å².